The number of halogens is 1. The van der Waals surface area contributed by atoms with E-state index in [1.54, 1.807) is 18.2 Å². The number of thioether (sulfide) groups is 1. The number of rotatable bonds is 7. The number of terminal acetylenes is 1. The first-order valence-corrected chi connectivity index (χ1v) is 10.6. The normalized spacial score (nSPS) is 14.6. The van der Waals surface area contributed by atoms with Gasteiger partial charge in [0, 0.05) is 0 Å². The molecule has 160 valence electrons. The van der Waals surface area contributed by atoms with Crippen LogP contribution in [-0.4, -0.2) is 42.8 Å². The Balaban J connectivity index is 1.81. The Kier molecular flexibility index (Phi) is 7.29. The van der Waals surface area contributed by atoms with E-state index in [-0.39, 0.29) is 29.6 Å². The number of furan rings is 1. The molecular weight excluding hydrogens is 537 g/mol. The highest BCUT2D eigenvalue weighted by molar-refractivity contribution is 14.1. The van der Waals surface area contributed by atoms with Crippen molar-refractivity contribution in [2.75, 3.05) is 20.8 Å². The van der Waals surface area contributed by atoms with E-state index in [1.807, 2.05) is 0 Å². The third-order valence-electron chi connectivity index (χ3n) is 4.09. The molecular formula is C21H16INO7S. The molecule has 10 heteroatoms. The van der Waals surface area contributed by atoms with Gasteiger partial charge in [-0.3, -0.25) is 14.5 Å². The second-order valence-electron chi connectivity index (χ2n) is 6.05. The van der Waals surface area contributed by atoms with Gasteiger partial charge in [0.15, 0.2) is 11.5 Å². The van der Waals surface area contributed by atoms with Crippen LogP contribution in [0.3, 0.4) is 0 Å². The van der Waals surface area contributed by atoms with E-state index >= 15 is 0 Å². The van der Waals surface area contributed by atoms with Crippen molar-refractivity contribution in [3.8, 4) is 23.8 Å². The topological polar surface area (TPSA) is 95.3 Å². The molecule has 0 bridgehead atoms. The predicted octanol–water partition coefficient (Wildman–Crippen LogP) is 3.93. The fourth-order valence-electron chi connectivity index (χ4n) is 2.69. The van der Waals surface area contributed by atoms with Crippen molar-refractivity contribution in [1.82, 2.24) is 4.90 Å². The summed E-state index contributed by atoms with van der Waals surface area (Å²) in [5.41, 5.74) is 0.658. The Hall–Kier alpha value is -2.91. The Morgan fingerprint density at radius 1 is 1.32 bits per heavy atom. The lowest BCUT2D eigenvalue weighted by atomic mass is 10.2. The number of hydrogen-bond donors (Lipinski definition) is 0. The Bertz CT molecular complexity index is 1120. The van der Waals surface area contributed by atoms with Crippen LogP contribution in [0.1, 0.15) is 21.9 Å². The van der Waals surface area contributed by atoms with Crippen LogP contribution in [0, 0.1) is 15.9 Å². The van der Waals surface area contributed by atoms with Crippen LogP contribution in [0.25, 0.3) is 6.08 Å². The smallest absolute Gasteiger partial charge is 0.373 e. The van der Waals surface area contributed by atoms with E-state index in [4.69, 9.17) is 20.3 Å². The molecule has 1 aliphatic heterocycles. The van der Waals surface area contributed by atoms with E-state index in [0.29, 0.717) is 17.1 Å². The van der Waals surface area contributed by atoms with E-state index in [0.717, 1.165) is 20.2 Å². The molecule has 2 aromatic rings. The van der Waals surface area contributed by atoms with Crippen molar-refractivity contribution < 1.29 is 33.0 Å². The molecule has 0 spiro atoms. The summed E-state index contributed by atoms with van der Waals surface area (Å²) >= 11 is 2.89. The van der Waals surface area contributed by atoms with Gasteiger partial charge >= 0.3 is 5.97 Å². The molecule has 2 heterocycles. The maximum atomic E-state index is 12.8. The highest BCUT2D eigenvalue weighted by atomic mass is 127. The average Bonchev–Trinajstić information content (AvgIpc) is 3.32. The van der Waals surface area contributed by atoms with Gasteiger partial charge in [0.05, 0.1) is 29.2 Å². The number of carbonyl (C=O) groups is 3. The maximum Gasteiger partial charge on any atom is 0.373 e. The number of amides is 2. The summed E-state index contributed by atoms with van der Waals surface area (Å²) < 4.78 is 21.5. The SMILES string of the molecule is C#CCOc1c(I)cc(/C=C2/SC(=O)N(Cc3ccc(C(=O)OC)o3)C2=O)cc1OC. The monoisotopic (exact) mass is 553 g/mol. The number of benzene rings is 1. The number of esters is 1. The summed E-state index contributed by atoms with van der Waals surface area (Å²) in [7, 11) is 2.73. The van der Waals surface area contributed by atoms with Gasteiger partial charge in [-0.05, 0) is 70.3 Å². The minimum Gasteiger partial charge on any atom is -0.493 e. The number of carbonyl (C=O) groups excluding carboxylic acids is 3. The zero-order valence-corrected chi connectivity index (χ0v) is 19.4. The van der Waals surface area contributed by atoms with E-state index in [1.165, 1.54) is 26.4 Å². The van der Waals surface area contributed by atoms with Crippen molar-refractivity contribution in [1.29, 1.82) is 0 Å². The first-order chi connectivity index (χ1) is 14.9. The van der Waals surface area contributed by atoms with Gasteiger partial charge in [-0.15, -0.1) is 6.42 Å². The zero-order valence-electron chi connectivity index (χ0n) is 16.5. The lowest BCUT2D eigenvalue weighted by Crippen LogP contribution is -2.27. The van der Waals surface area contributed by atoms with Gasteiger partial charge in [0.1, 0.15) is 12.4 Å². The lowest BCUT2D eigenvalue weighted by Gasteiger charge is -2.12. The molecule has 1 saturated heterocycles. The minimum absolute atomic E-state index is 0.00571. The molecule has 3 rings (SSSR count). The van der Waals surface area contributed by atoms with Crippen molar-refractivity contribution in [2.24, 2.45) is 0 Å². The van der Waals surface area contributed by atoms with Crippen molar-refractivity contribution in [3.05, 3.63) is 49.8 Å². The summed E-state index contributed by atoms with van der Waals surface area (Å²) in [5, 5.41) is -0.442. The molecule has 2 amide bonds. The third-order valence-corrected chi connectivity index (χ3v) is 5.79. The van der Waals surface area contributed by atoms with Gasteiger partial charge in [0.2, 0.25) is 5.76 Å². The highest BCUT2D eigenvalue weighted by Crippen LogP contribution is 2.37. The molecule has 1 aromatic carbocycles. The number of hydrogen-bond acceptors (Lipinski definition) is 8. The first-order valence-electron chi connectivity index (χ1n) is 8.74. The standard InChI is InChI=1S/C21H16INO7S/c1-4-7-29-18-14(22)8-12(9-16(18)27-2)10-17-19(24)23(21(26)31-17)11-13-5-6-15(30-13)20(25)28-3/h1,5-6,8-10H,7,11H2,2-3H3/b17-10+. The fourth-order valence-corrected chi connectivity index (χ4v) is 4.31. The van der Waals surface area contributed by atoms with E-state index in [9.17, 15) is 14.4 Å². The van der Waals surface area contributed by atoms with Gasteiger partial charge in [-0.25, -0.2) is 4.79 Å². The fraction of sp³-hybridized carbons (Fsp3) is 0.190. The number of nitrogens with zero attached hydrogens (tertiary/aromatic N) is 1. The van der Waals surface area contributed by atoms with Gasteiger partial charge in [-0.2, -0.15) is 0 Å². The molecule has 0 unspecified atom stereocenters. The molecule has 0 saturated carbocycles. The summed E-state index contributed by atoms with van der Waals surface area (Å²) in [6, 6.07) is 6.42. The Morgan fingerprint density at radius 2 is 2.10 bits per heavy atom. The first kappa shape index (κ1) is 22.8. The maximum absolute atomic E-state index is 12.8. The third kappa shape index (κ3) is 5.05. The Morgan fingerprint density at radius 3 is 2.77 bits per heavy atom. The van der Waals surface area contributed by atoms with Crippen LogP contribution >= 0.6 is 34.4 Å². The Labute approximate surface area is 196 Å². The summed E-state index contributed by atoms with van der Waals surface area (Å²) in [6.45, 7) is -0.00616. The van der Waals surface area contributed by atoms with Gasteiger partial charge in [0.25, 0.3) is 11.1 Å². The van der Waals surface area contributed by atoms with Gasteiger partial charge < -0.3 is 18.6 Å². The van der Waals surface area contributed by atoms with E-state index < -0.39 is 17.1 Å². The lowest BCUT2D eigenvalue weighted by molar-refractivity contribution is -0.123. The van der Waals surface area contributed by atoms with Crippen LogP contribution in [-0.2, 0) is 16.1 Å². The van der Waals surface area contributed by atoms with Crippen molar-refractivity contribution in [3.63, 3.8) is 0 Å². The van der Waals surface area contributed by atoms with Crippen molar-refractivity contribution in [2.45, 2.75) is 6.54 Å². The second-order valence-corrected chi connectivity index (χ2v) is 8.21. The number of imide groups is 1. The quantitative estimate of drug-likeness (QED) is 0.221. The molecule has 1 aromatic heterocycles. The zero-order chi connectivity index (χ0) is 22.5. The van der Waals surface area contributed by atoms with Crippen LogP contribution < -0.4 is 9.47 Å². The molecule has 1 fully saturated rings. The predicted molar refractivity (Wildman–Crippen MR) is 122 cm³/mol. The van der Waals surface area contributed by atoms with Crippen LogP contribution in [0.5, 0.6) is 11.5 Å². The average molecular weight is 553 g/mol. The van der Waals surface area contributed by atoms with Crippen LogP contribution in [0.15, 0.2) is 33.6 Å². The number of ether oxygens (including phenoxy) is 3. The van der Waals surface area contributed by atoms with Crippen LogP contribution in [0.4, 0.5) is 4.79 Å². The molecule has 0 aliphatic carbocycles. The minimum atomic E-state index is -0.640. The van der Waals surface area contributed by atoms with Gasteiger partial charge in [-0.1, -0.05) is 5.92 Å². The summed E-state index contributed by atoms with van der Waals surface area (Å²) in [4.78, 5) is 37.9. The molecule has 0 N–H and O–H groups in total. The van der Waals surface area contributed by atoms with Crippen LogP contribution in [0.2, 0.25) is 0 Å². The number of methoxy groups -OCH3 is 2. The van der Waals surface area contributed by atoms with E-state index in [2.05, 4.69) is 33.2 Å². The second kappa shape index (κ2) is 9.93. The summed E-state index contributed by atoms with van der Waals surface area (Å²) in [5.74, 6) is 2.54. The molecule has 31 heavy (non-hydrogen) atoms. The molecule has 0 radical (unpaired) electrons. The molecule has 8 nitrogen and oxygen atoms in total. The van der Waals surface area contributed by atoms with Crippen molar-refractivity contribution >= 4 is 57.5 Å². The molecule has 1 aliphatic rings. The highest BCUT2D eigenvalue weighted by Gasteiger charge is 2.36. The summed E-state index contributed by atoms with van der Waals surface area (Å²) in [6.07, 6.45) is 6.84. The largest absolute Gasteiger partial charge is 0.493 e. The molecule has 0 atom stereocenters.